The molecule has 2 heterocycles. The van der Waals surface area contributed by atoms with Crippen LogP contribution in [0.3, 0.4) is 0 Å². The van der Waals surface area contributed by atoms with E-state index in [1.807, 2.05) is 23.7 Å². The number of pyridine rings is 1. The molecule has 2 aromatic rings. The van der Waals surface area contributed by atoms with Crippen molar-refractivity contribution in [2.75, 3.05) is 0 Å². The maximum Gasteiger partial charge on any atom is 0.188 e. The molecule has 0 N–H and O–H groups in total. The van der Waals surface area contributed by atoms with Crippen LogP contribution < -0.4 is 0 Å². The lowest BCUT2D eigenvalue weighted by Gasteiger charge is -1.99. The van der Waals surface area contributed by atoms with Gasteiger partial charge in [0.05, 0.1) is 0 Å². The Bertz CT molecular complexity index is 415. The highest BCUT2D eigenvalue weighted by molar-refractivity contribution is 7.80. The van der Waals surface area contributed by atoms with Crippen LogP contribution in [0.15, 0.2) is 29.7 Å². The van der Waals surface area contributed by atoms with Crippen molar-refractivity contribution in [1.82, 2.24) is 19.7 Å². The van der Waals surface area contributed by atoms with Gasteiger partial charge >= 0.3 is 0 Å². The molecular formula is C8H9ClN4S. The van der Waals surface area contributed by atoms with Gasteiger partial charge in [0.15, 0.2) is 11.0 Å². The Hall–Kier alpha value is -1.07. The number of hydrogen-bond acceptors (Lipinski definition) is 4. The van der Waals surface area contributed by atoms with Crippen LogP contribution in [0.1, 0.15) is 0 Å². The second-order valence-corrected chi connectivity index (χ2v) is 3.02. The zero-order valence-corrected chi connectivity index (χ0v) is 9.16. The fraction of sp³-hybridized carbons (Fsp3) is 0.125. The molecule has 0 aliphatic carbocycles. The summed E-state index contributed by atoms with van der Waals surface area (Å²) in [7, 11) is 1.87. The van der Waals surface area contributed by atoms with Crippen molar-refractivity contribution in [2.45, 2.75) is 5.16 Å². The first-order valence-corrected chi connectivity index (χ1v) is 4.22. The third-order valence-electron chi connectivity index (χ3n) is 1.79. The van der Waals surface area contributed by atoms with E-state index in [-0.39, 0.29) is 12.4 Å². The molecule has 0 amide bonds. The summed E-state index contributed by atoms with van der Waals surface area (Å²) in [6.45, 7) is 0. The van der Waals surface area contributed by atoms with Gasteiger partial charge in [-0.2, -0.15) is 0 Å². The summed E-state index contributed by atoms with van der Waals surface area (Å²) in [5.74, 6) is 0.799. The Morgan fingerprint density at radius 3 is 2.36 bits per heavy atom. The summed E-state index contributed by atoms with van der Waals surface area (Å²) < 4.78 is 1.82. The van der Waals surface area contributed by atoms with Crippen LogP contribution in [-0.4, -0.2) is 19.7 Å². The molecule has 0 fully saturated rings. The van der Waals surface area contributed by atoms with E-state index in [0.29, 0.717) is 5.16 Å². The lowest BCUT2D eigenvalue weighted by atomic mass is 10.2. The van der Waals surface area contributed by atoms with Crippen LogP contribution in [-0.2, 0) is 7.05 Å². The lowest BCUT2D eigenvalue weighted by Crippen LogP contribution is -1.92. The molecular weight excluding hydrogens is 220 g/mol. The molecule has 0 bridgehead atoms. The van der Waals surface area contributed by atoms with Gasteiger partial charge in [0, 0.05) is 25.0 Å². The Balaban J connectivity index is 0.000000980. The highest BCUT2D eigenvalue weighted by Crippen LogP contribution is 2.16. The average molecular weight is 229 g/mol. The number of thiol groups is 1. The molecule has 0 saturated carbocycles. The maximum atomic E-state index is 4.14. The van der Waals surface area contributed by atoms with Gasteiger partial charge in [-0.05, 0) is 12.1 Å². The van der Waals surface area contributed by atoms with E-state index in [2.05, 4.69) is 27.8 Å². The molecule has 2 rings (SSSR count). The van der Waals surface area contributed by atoms with E-state index in [0.717, 1.165) is 11.4 Å². The Kier molecular flexibility index (Phi) is 3.49. The minimum absolute atomic E-state index is 0. The molecule has 74 valence electrons. The topological polar surface area (TPSA) is 43.6 Å². The third-order valence-corrected chi connectivity index (χ3v) is 2.18. The van der Waals surface area contributed by atoms with Crippen LogP contribution in [0.2, 0.25) is 0 Å². The van der Waals surface area contributed by atoms with E-state index in [4.69, 9.17) is 0 Å². The number of rotatable bonds is 1. The molecule has 14 heavy (non-hydrogen) atoms. The van der Waals surface area contributed by atoms with Crippen molar-refractivity contribution < 1.29 is 0 Å². The first-order valence-electron chi connectivity index (χ1n) is 3.78. The third kappa shape index (κ3) is 1.88. The van der Waals surface area contributed by atoms with Crippen molar-refractivity contribution >= 4 is 25.0 Å². The molecule has 6 heteroatoms. The summed E-state index contributed by atoms with van der Waals surface area (Å²) in [4.78, 5) is 3.93. The summed E-state index contributed by atoms with van der Waals surface area (Å²) in [6, 6.07) is 3.77. The van der Waals surface area contributed by atoms with Crippen LogP contribution in [0, 0.1) is 0 Å². The standard InChI is InChI=1S/C8H8N4S.ClH/c1-12-7(10-11-8(12)13)6-2-4-9-5-3-6;/h2-5H,1H3,(H,11,13);1H. The van der Waals surface area contributed by atoms with Crippen molar-refractivity contribution in [1.29, 1.82) is 0 Å². The Morgan fingerprint density at radius 1 is 1.21 bits per heavy atom. The molecule has 0 aliphatic heterocycles. The van der Waals surface area contributed by atoms with Crippen LogP contribution in [0.25, 0.3) is 11.4 Å². The molecule has 0 aromatic carbocycles. The predicted octanol–water partition coefficient (Wildman–Crippen LogP) is 1.59. The SMILES string of the molecule is Cl.Cn1c(S)nnc1-c1ccncc1. The summed E-state index contributed by atoms with van der Waals surface area (Å²) in [5, 5.41) is 8.45. The number of nitrogens with zero attached hydrogens (tertiary/aromatic N) is 4. The summed E-state index contributed by atoms with van der Waals surface area (Å²) in [6.07, 6.45) is 3.45. The normalized spacial score (nSPS) is 9.57. The van der Waals surface area contributed by atoms with E-state index in [9.17, 15) is 0 Å². The average Bonchev–Trinajstić information content (AvgIpc) is 2.49. The molecule has 0 aliphatic rings. The van der Waals surface area contributed by atoms with Gasteiger partial charge in [0.25, 0.3) is 0 Å². The van der Waals surface area contributed by atoms with Gasteiger partial charge in [-0.3, -0.25) is 4.98 Å². The van der Waals surface area contributed by atoms with E-state index >= 15 is 0 Å². The number of halogens is 1. The Morgan fingerprint density at radius 2 is 1.86 bits per heavy atom. The molecule has 0 saturated heterocycles. The Labute approximate surface area is 93.2 Å². The highest BCUT2D eigenvalue weighted by Gasteiger charge is 2.06. The van der Waals surface area contributed by atoms with E-state index in [1.165, 1.54) is 0 Å². The predicted molar refractivity (Wildman–Crippen MR) is 58.7 cm³/mol. The molecule has 2 aromatic heterocycles. The largest absolute Gasteiger partial charge is 0.305 e. The van der Waals surface area contributed by atoms with Crippen LogP contribution >= 0.6 is 25.0 Å². The smallest absolute Gasteiger partial charge is 0.188 e. The van der Waals surface area contributed by atoms with Gasteiger partial charge in [-0.25, -0.2) is 0 Å². The molecule has 4 nitrogen and oxygen atoms in total. The first kappa shape index (κ1) is 11.0. The lowest BCUT2D eigenvalue weighted by molar-refractivity contribution is 0.798. The van der Waals surface area contributed by atoms with Crippen molar-refractivity contribution in [2.24, 2.45) is 7.05 Å². The monoisotopic (exact) mass is 228 g/mol. The van der Waals surface area contributed by atoms with Gasteiger partial charge in [-0.15, -0.1) is 35.2 Å². The van der Waals surface area contributed by atoms with Gasteiger partial charge < -0.3 is 4.57 Å². The minimum atomic E-state index is 0. The molecule has 0 radical (unpaired) electrons. The summed E-state index contributed by atoms with van der Waals surface area (Å²) in [5.41, 5.74) is 0.991. The highest BCUT2D eigenvalue weighted by atomic mass is 35.5. The molecule has 0 unspecified atom stereocenters. The van der Waals surface area contributed by atoms with Crippen molar-refractivity contribution in [3.8, 4) is 11.4 Å². The second-order valence-electron chi connectivity index (χ2n) is 2.62. The zero-order chi connectivity index (χ0) is 9.26. The van der Waals surface area contributed by atoms with E-state index in [1.54, 1.807) is 12.4 Å². The quantitative estimate of drug-likeness (QED) is 0.754. The van der Waals surface area contributed by atoms with Crippen LogP contribution in [0.4, 0.5) is 0 Å². The van der Waals surface area contributed by atoms with Gasteiger partial charge in [-0.1, -0.05) is 0 Å². The molecule has 0 atom stereocenters. The van der Waals surface area contributed by atoms with Gasteiger partial charge in [0.2, 0.25) is 0 Å². The van der Waals surface area contributed by atoms with Crippen molar-refractivity contribution in [3.05, 3.63) is 24.5 Å². The molecule has 0 spiro atoms. The first-order chi connectivity index (χ1) is 6.29. The number of hydrogen-bond donors (Lipinski definition) is 1. The minimum Gasteiger partial charge on any atom is -0.305 e. The van der Waals surface area contributed by atoms with Crippen molar-refractivity contribution in [3.63, 3.8) is 0 Å². The summed E-state index contributed by atoms with van der Waals surface area (Å²) >= 11 is 4.14. The van der Waals surface area contributed by atoms with Gasteiger partial charge in [0.1, 0.15) is 0 Å². The zero-order valence-electron chi connectivity index (χ0n) is 7.45. The number of aromatic nitrogens is 4. The second kappa shape index (κ2) is 4.43. The maximum absolute atomic E-state index is 4.14. The van der Waals surface area contributed by atoms with Crippen LogP contribution in [0.5, 0.6) is 0 Å². The fourth-order valence-corrected chi connectivity index (χ4v) is 1.21. The van der Waals surface area contributed by atoms with E-state index < -0.39 is 0 Å². The fourth-order valence-electron chi connectivity index (χ4n) is 1.07.